The highest BCUT2D eigenvalue weighted by Crippen LogP contribution is 2.09. The molecule has 2 nitrogen and oxygen atoms in total. The van der Waals surface area contributed by atoms with E-state index in [1.807, 2.05) is 6.92 Å². The van der Waals surface area contributed by atoms with E-state index in [9.17, 15) is 0 Å². The maximum atomic E-state index is 4.43. The summed E-state index contributed by atoms with van der Waals surface area (Å²) < 4.78 is 2.08. The molecular weight excluding hydrogens is 192 g/mol. The molecule has 0 aliphatic rings. The summed E-state index contributed by atoms with van der Waals surface area (Å²) in [6.45, 7) is 5.12. The van der Waals surface area contributed by atoms with Crippen LogP contribution in [0.3, 0.4) is 0 Å². The van der Waals surface area contributed by atoms with Gasteiger partial charge in [0, 0.05) is 12.2 Å². The smallest absolute Gasteiger partial charge is 0.0596 e. The fourth-order valence-electron chi connectivity index (χ4n) is 1.57. The first kappa shape index (κ1) is 9.46. The van der Waals surface area contributed by atoms with Gasteiger partial charge in [-0.1, -0.05) is 0 Å². The average molecular weight is 206 g/mol. The van der Waals surface area contributed by atoms with Gasteiger partial charge in [0.15, 0.2) is 0 Å². The van der Waals surface area contributed by atoms with Gasteiger partial charge in [0.05, 0.1) is 5.69 Å². The van der Waals surface area contributed by atoms with Crippen molar-refractivity contribution < 1.29 is 0 Å². The summed E-state index contributed by atoms with van der Waals surface area (Å²) in [6, 6.07) is 4.30. The van der Waals surface area contributed by atoms with Crippen molar-refractivity contribution >= 4 is 11.3 Å². The first-order chi connectivity index (χ1) is 6.75. The van der Waals surface area contributed by atoms with Gasteiger partial charge in [0.25, 0.3) is 0 Å². The van der Waals surface area contributed by atoms with Crippen LogP contribution in [0.25, 0.3) is 0 Å². The zero-order chi connectivity index (χ0) is 9.97. The highest BCUT2D eigenvalue weighted by Gasteiger charge is 2.00. The van der Waals surface area contributed by atoms with Crippen LogP contribution in [0.15, 0.2) is 22.9 Å². The molecule has 0 atom stereocenters. The van der Waals surface area contributed by atoms with Crippen molar-refractivity contribution in [2.75, 3.05) is 0 Å². The van der Waals surface area contributed by atoms with Gasteiger partial charge in [-0.15, -0.1) is 0 Å². The Morgan fingerprint density at radius 2 is 2.29 bits per heavy atom. The number of aromatic nitrogens is 2. The second kappa shape index (κ2) is 3.96. The lowest BCUT2D eigenvalue weighted by molar-refractivity contribution is 0.595. The third kappa shape index (κ3) is 2.04. The Hall–Kier alpha value is -1.09. The Labute approximate surface area is 88.2 Å². The summed E-state index contributed by atoms with van der Waals surface area (Å²) in [6.07, 6.45) is 1.07. The molecule has 2 aromatic rings. The molecule has 0 aliphatic heterocycles. The minimum absolute atomic E-state index is 0.983. The van der Waals surface area contributed by atoms with Crippen molar-refractivity contribution in [3.05, 3.63) is 39.8 Å². The second-order valence-corrected chi connectivity index (χ2v) is 4.31. The molecule has 0 N–H and O–H groups in total. The van der Waals surface area contributed by atoms with Gasteiger partial charge in [-0.2, -0.15) is 16.4 Å². The Morgan fingerprint density at radius 1 is 1.43 bits per heavy atom. The quantitative estimate of drug-likeness (QED) is 0.755. The van der Waals surface area contributed by atoms with E-state index in [-0.39, 0.29) is 0 Å². The summed E-state index contributed by atoms with van der Waals surface area (Å²) in [5.41, 5.74) is 3.76. The molecule has 0 saturated heterocycles. The molecule has 2 aromatic heterocycles. The van der Waals surface area contributed by atoms with Crippen LogP contribution in [0, 0.1) is 13.8 Å². The van der Waals surface area contributed by atoms with Crippen LogP contribution in [-0.4, -0.2) is 9.78 Å². The first-order valence-electron chi connectivity index (χ1n) is 4.78. The first-order valence-corrected chi connectivity index (χ1v) is 5.72. The highest BCUT2D eigenvalue weighted by molar-refractivity contribution is 7.07. The number of hydrogen-bond donors (Lipinski definition) is 0. The largest absolute Gasteiger partial charge is 0.269 e. The normalized spacial score (nSPS) is 10.7. The van der Waals surface area contributed by atoms with Gasteiger partial charge in [-0.25, -0.2) is 0 Å². The Balaban J connectivity index is 2.01. The molecule has 3 heteroatoms. The van der Waals surface area contributed by atoms with Gasteiger partial charge < -0.3 is 0 Å². The second-order valence-electron chi connectivity index (χ2n) is 3.53. The maximum absolute atomic E-state index is 4.43. The minimum Gasteiger partial charge on any atom is -0.269 e. The van der Waals surface area contributed by atoms with Crippen molar-refractivity contribution in [1.82, 2.24) is 9.78 Å². The molecule has 0 fully saturated rings. The number of rotatable bonds is 3. The van der Waals surface area contributed by atoms with Crippen molar-refractivity contribution in [1.29, 1.82) is 0 Å². The lowest BCUT2D eigenvalue weighted by atomic mass is 10.2. The summed E-state index contributed by atoms with van der Waals surface area (Å²) in [4.78, 5) is 0. The summed E-state index contributed by atoms with van der Waals surface area (Å²) in [7, 11) is 0. The molecule has 0 aliphatic carbocycles. The van der Waals surface area contributed by atoms with Crippen molar-refractivity contribution in [3.63, 3.8) is 0 Å². The van der Waals surface area contributed by atoms with E-state index in [0.717, 1.165) is 18.7 Å². The van der Waals surface area contributed by atoms with Crippen LogP contribution in [0.4, 0.5) is 0 Å². The number of thiophene rings is 1. The lowest BCUT2D eigenvalue weighted by Crippen LogP contribution is -2.04. The van der Waals surface area contributed by atoms with Crippen molar-refractivity contribution in [2.24, 2.45) is 0 Å². The fourth-order valence-corrected chi connectivity index (χ4v) is 2.27. The van der Waals surface area contributed by atoms with Crippen molar-refractivity contribution in [2.45, 2.75) is 26.8 Å². The van der Waals surface area contributed by atoms with E-state index in [4.69, 9.17) is 0 Å². The standard InChI is InChI=1S/C11H14N2S/c1-9-7-10(2)13(12-9)5-3-11-4-6-14-8-11/h4,6-8H,3,5H2,1-2H3. The van der Waals surface area contributed by atoms with Crippen LogP contribution >= 0.6 is 11.3 Å². The van der Waals surface area contributed by atoms with Gasteiger partial charge in [0.1, 0.15) is 0 Å². The van der Waals surface area contributed by atoms with Crippen LogP contribution in [0.5, 0.6) is 0 Å². The van der Waals surface area contributed by atoms with E-state index in [2.05, 4.69) is 39.6 Å². The monoisotopic (exact) mass is 206 g/mol. The molecule has 0 amide bonds. The highest BCUT2D eigenvalue weighted by atomic mass is 32.1. The Bertz CT molecular complexity index is 401. The molecule has 0 aromatic carbocycles. The maximum Gasteiger partial charge on any atom is 0.0596 e. The van der Waals surface area contributed by atoms with Crippen LogP contribution in [0.2, 0.25) is 0 Å². The summed E-state index contributed by atoms with van der Waals surface area (Å²) >= 11 is 1.75. The molecule has 0 radical (unpaired) electrons. The minimum atomic E-state index is 0.983. The predicted octanol–water partition coefficient (Wildman–Crippen LogP) is 2.80. The van der Waals surface area contributed by atoms with Gasteiger partial charge >= 0.3 is 0 Å². The molecule has 0 saturated carbocycles. The van der Waals surface area contributed by atoms with Crippen LogP contribution < -0.4 is 0 Å². The Morgan fingerprint density at radius 3 is 2.86 bits per heavy atom. The van der Waals surface area contributed by atoms with E-state index in [0.29, 0.717) is 0 Å². The third-order valence-corrected chi connectivity index (χ3v) is 3.03. The molecule has 0 spiro atoms. The number of aryl methyl sites for hydroxylation is 4. The van der Waals surface area contributed by atoms with E-state index >= 15 is 0 Å². The zero-order valence-corrected chi connectivity index (χ0v) is 9.34. The van der Waals surface area contributed by atoms with Gasteiger partial charge in [-0.05, 0) is 48.7 Å². The third-order valence-electron chi connectivity index (χ3n) is 2.30. The molecule has 0 unspecified atom stereocenters. The SMILES string of the molecule is Cc1cc(C)n(CCc2ccsc2)n1. The number of nitrogens with zero attached hydrogens (tertiary/aromatic N) is 2. The fraction of sp³-hybridized carbons (Fsp3) is 0.364. The van der Waals surface area contributed by atoms with Crippen LogP contribution in [0.1, 0.15) is 17.0 Å². The predicted molar refractivity (Wildman–Crippen MR) is 59.7 cm³/mol. The summed E-state index contributed by atoms with van der Waals surface area (Å²) in [5, 5.41) is 8.75. The van der Waals surface area contributed by atoms with Crippen LogP contribution in [-0.2, 0) is 13.0 Å². The molecule has 14 heavy (non-hydrogen) atoms. The van der Waals surface area contributed by atoms with E-state index in [1.54, 1.807) is 11.3 Å². The summed E-state index contributed by atoms with van der Waals surface area (Å²) in [5.74, 6) is 0. The Kier molecular flexibility index (Phi) is 2.68. The van der Waals surface area contributed by atoms with Crippen molar-refractivity contribution in [3.8, 4) is 0 Å². The van der Waals surface area contributed by atoms with E-state index < -0.39 is 0 Å². The molecule has 74 valence electrons. The molecular formula is C11H14N2S. The average Bonchev–Trinajstić information content (AvgIpc) is 2.72. The van der Waals surface area contributed by atoms with Gasteiger partial charge in [0.2, 0.25) is 0 Å². The van der Waals surface area contributed by atoms with Gasteiger partial charge in [-0.3, -0.25) is 4.68 Å². The zero-order valence-electron chi connectivity index (χ0n) is 8.53. The lowest BCUT2D eigenvalue weighted by Gasteiger charge is -2.02. The number of hydrogen-bond acceptors (Lipinski definition) is 2. The molecule has 0 bridgehead atoms. The van der Waals surface area contributed by atoms with E-state index in [1.165, 1.54) is 11.3 Å². The molecule has 2 heterocycles. The topological polar surface area (TPSA) is 17.8 Å². The molecule has 2 rings (SSSR count).